The third-order valence-corrected chi connectivity index (χ3v) is 6.33. The number of ether oxygens (including phenoxy) is 3. The molecular weight excluding hydrogens is 548 g/mol. The molecule has 3 amide bonds. The van der Waals surface area contributed by atoms with Crippen LogP contribution in [0.25, 0.3) is 5.52 Å². The summed E-state index contributed by atoms with van der Waals surface area (Å²) < 4.78 is 15.8. The van der Waals surface area contributed by atoms with Crippen molar-refractivity contribution >= 4 is 47.4 Å². The number of amides is 3. The number of esters is 1. The van der Waals surface area contributed by atoms with Crippen molar-refractivity contribution in [1.82, 2.24) is 25.2 Å². The van der Waals surface area contributed by atoms with Gasteiger partial charge >= 0.3 is 12.1 Å². The first-order valence-corrected chi connectivity index (χ1v) is 13.2. The first-order chi connectivity index (χ1) is 20.2. The zero-order valence-corrected chi connectivity index (χ0v) is 23.3. The summed E-state index contributed by atoms with van der Waals surface area (Å²) in [5, 5.41) is 9.97. The molecule has 2 N–H and O–H groups in total. The Labute approximate surface area is 240 Å². The van der Waals surface area contributed by atoms with Crippen LogP contribution in [0, 0.1) is 13.8 Å². The molecule has 0 aliphatic heterocycles. The summed E-state index contributed by atoms with van der Waals surface area (Å²) in [6.07, 6.45) is 5.95. The molecule has 2 heterocycles. The molecule has 1 aromatic carbocycles. The molecule has 14 heteroatoms. The third kappa shape index (κ3) is 6.89. The van der Waals surface area contributed by atoms with E-state index >= 15 is 0 Å². The van der Waals surface area contributed by atoms with Crippen LogP contribution in [-0.4, -0.2) is 64.3 Å². The number of aromatic nitrogens is 3. The lowest BCUT2D eigenvalue weighted by Crippen LogP contribution is -2.31. The van der Waals surface area contributed by atoms with Gasteiger partial charge in [0.05, 0.1) is 17.3 Å². The predicted molar refractivity (Wildman–Crippen MR) is 148 cm³/mol. The second kappa shape index (κ2) is 13.4. The maximum absolute atomic E-state index is 13.6. The van der Waals surface area contributed by atoms with Gasteiger partial charge < -0.3 is 24.8 Å². The molecule has 0 unspecified atom stereocenters. The second-order valence-corrected chi connectivity index (χ2v) is 9.41. The van der Waals surface area contributed by atoms with Crippen LogP contribution in [0.5, 0.6) is 0 Å². The monoisotopic (exact) mass is 578 g/mol. The van der Waals surface area contributed by atoms with Crippen molar-refractivity contribution in [3.8, 4) is 0 Å². The predicted octanol–water partition coefficient (Wildman–Crippen LogP) is 2.84. The number of rotatable bonds is 12. The molecule has 1 aliphatic rings. The summed E-state index contributed by atoms with van der Waals surface area (Å²) in [5.41, 5.74) is 2.36. The minimum atomic E-state index is -0.989. The lowest BCUT2D eigenvalue weighted by molar-refractivity contribution is -0.145. The summed E-state index contributed by atoms with van der Waals surface area (Å²) in [6.45, 7) is 5.19. The van der Waals surface area contributed by atoms with Gasteiger partial charge in [0.1, 0.15) is 18.1 Å². The fourth-order valence-electron chi connectivity index (χ4n) is 4.03. The van der Waals surface area contributed by atoms with Gasteiger partial charge in [-0.1, -0.05) is 13.0 Å². The van der Waals surface area contributed by atoms with Crippen LogP contribution in [0.1, 0.15) is 58.0 Å². The molecule has 2 aromatic heterocycles. The van der Waals surface area contributed by atoms with E-state index in [1.54, 1.807) is 26.0 Å². The molecule has 4 rings (SSSR count). The topological polar surface area (TPSA) is 171 Å². The maximum Gasteiger partial charge on any atom is 0.423 e. The highest BCUT2D eigenvalue weighted by molar-refractivity contribution is 6.05. The van der Waals surface area contributed by atoms with Crippen molar-refractivity contribution < 1.29 is 38.2 Å². The smallest absolute Gasteiger partial charge is 0.423 e. The van der Waals surface area contributed by atoms with Crippen LogP contribution < -0.4 is 15.5 Å². The SMILES string of the molecule is CCCNC(=O)c1cn2ncnc(N(C(=O)OCOC(=O)/C=C/OC=O)c3cc(C(=O)NC4CC4)ccc3C)c2c1C. The molecule has 1 aliphatic carbocycles. The Hall–Kier alpha value is -5.27. The van der Waals surface area contributed by atoms with Crippen molar-refractivity contribution in [3.05, 3.63) is 65.3 Å². The number of fused-ring (bicyclic) bond motifs is 1. The molecule has 220 valence electrons. The molecule has 0 spiro atoms. The van der Waals surface area contributed by atoms with E-state index in [0.717, 1.165) is 36.5 Å². The molecule has 0 bridgehead atoms. The largest absolute Gasteiger partial charge is 0.436 e. The van der Waals surface area contributed by atoms with Gasteiger partial charge in [0.25, 0.3) is 18.3 Å². The summed E-state index contributed by atoms with van der Waals surface area (Å²) in [5.74, 6) is -1.48. The average molecular weight is 579 g/mol. The number of carbonyl (C=O) groups is 5. The standard InChI is InChI=1S/C28H30N6O8/c1-4-10-29-27(38)21-13-33-24(18(21)3)25(30-14-31-33)34(28(39)42-16-41-23(36)9-11-40-15-35)22-12-19(6-5-17(22)2)26(37)32-20-7-8-20/h5-6,9,11-15,20H,4,7-8,10,16H2,1-3H3,(H,29,38)(H,32,37)/b11-9+. The molecule has 42 heavy (non-hydrogen) atoms. The highest BCUT2D eigenvalue weighted by Crippen LogP contribution is 2.34. The zero-order chi connectivity index (χ0) is 30.2. The fraction of sp³-hybridized carbons (Fsp3) is 0.321. The number of benzene rings is 1. The summed E-state index contributed by atoms with van der Waals surface area (Å²) in [7, 11) is 0. The Bertz CT molecular complexity index is 1540. The second-order valence-electron chi connectivity index (χ2n) is 9.41. The Kier molecular flexibility index (Phi) is 9.47. The Morgan fingerprint density at radius 1 is 1.14 bits per heavy atom. The average Bonchev–Trinajstić information content (AvgIpc) is 3.72. The van der Waals surface area contributed by atoms with Crippen molar-refractivity contribution in [1.29, 1.82) is 0 Å². The van der Waals surface area contributed by atoms with Gasteiger partial charge in [-0.25, -0.2) is 24.0 Å². The van der Waals surface area contributed by atoms with E-state index in [0.29, 0.717) is 34.3 Å². The zero-order valence-electron chi connectivity index (χ0n) is 23.3. The molecule has 0 radical (unpaired) electrons. The van der Waals surface area contributed by atoms with Gasteiger partial charge in [0, 0.05) is 24.3 Å². The van der Waals surface area contributed by atoms with Crippen LogP contribution >= 0.6 is 0 Å². The van der Waals surface area contributed by atoms with Gasteiger partial charge in [0.15, 0.2) is 5.82 Å². The molecule has 0 saturated heterocycles. The van der Waals surface area contributed by atoms with Gasteiger partial charge in [-0.05, 0) is 56.4 Å². The van der Waals surface area contributed by atoms with Crippen molar-refractivity contribution in [2.45, 2.75) is 46.1 Å². The van der Waals surface area contributed by atoms with E-state index in [9.17, 15) is 24.0 Å². The fourth-order valence-corrected chi connectivity index (χ4v) is 4.03. The van der Waals surface area contributed by atoms with Gasteiger partial charge in [0.2, 0.25) is 6.79 Å². The number of carbonyl (C=O) groups excluding carboxylic acids is 5. The van der Waals surface area contributed by atoms with Crippen molar-refractivity contribution in [2.75, 3.05) is 18.2 Å². The number of anilines is 2. The van der Waals surface area contributed by atoms with E-state index in [1.165, 1.54) is 23.1 Å². The molecule has 1 fully saturated rings. The summed E-state index contributed by atoms with van der Waals surface area (Å²) in [4.78, 5) is 66.8. The van der Waals surface area contributed by atoms with E-state index < -0.39 is 18.9 Å². The van der Waals surface area contributed by atoms with Gasteiger partial charge in [-0.3, -0.25) is 14.4 Å². The lowest BCUT2D eigenvalue weighted by Gasteiger charge is -2.24. The number of hydrogen-bond acceptors (Lipinski definition) is 10. The number of nitrogens with zero attached hydrogens (tertiary/aromatic N) is 4. The van der Waals surface area contributed by atoms with Crippen molar-refractivity contribution in [3.63, 3.8) is 0 Å². The molecule has 0 atom stereocenters. The van der Waals surface area contributed by atoms with Crippen LogP contribution in [0.4, 0.5) is 16.3 Å². The maximum atomic E-state index is 13.6. The van der Waals surface area contributed by atoms with Crippen molar-refractivity contribution in [2.24, 2.45) is 0 Å². The third-order valence-electron chi connectivity index (χ3n) is 6.33. The minimum Gasteiger partial charge on any atom is -0.436 e. The molecular formula is C28H30N6O8. The van der Waals surface area contributed by atoms with Gasteiger partial charge in [-0.15, -0.1) is 0 Å². The van der Waals surface area contributed by atoms with Crippen LogP contribution in [0.2, 0.25) is 0 Å². The number of hydrogen-bond donors (Lipinski definition) is 2. The highest BCUT2D eigenvalue weighted by Gasteiger charge is 2.30. The Morgan fingerprint density at radius 3 is 2.64 bits per heavy atom. The molecule has 3 aromatic rings. The van der Waals surface area contributed by atoms with Gasteiger partial charge in [-0.2, -0.15) is 5.10 Å². The Morgan fingerprint density at radius 2 is 1.93 bits per heavy atom. The first kappa shape index (κ1) is 29.7. The highest BCUT2D eigenvalue weighted by atomic mass is 16.7. The van der Waals surface area contributed by atoms with E-state index in [4.69, 9.17) is 9.47 Å². The Balaban J connectivity index is 1.74. The van der Waals surface area contributed by atoms with Crippen LogP contribution in [0.15, 0.2) is 43.1 Å². The van der Waals surface area contributed by atoms with Crippen LogP contribution in [0.3, 0.4) is 0 Å². The number of aryl methyl sites for hydroxylation is 2. The quantitative estimate of drug-likeness (QED) is 0.107. The van der Waals surface area contributed by atoms with Crippen LogP contribution in [-0.2, 0) is 23.8 Å². The lowest BCUT2D eigenvalue weighted by atomic mass is 10.1. The number of nitrogens with one attached hydrogen (secondary N) is 2. The minimum absolute atomic E-state index is 0.0653. The molecule has 1 saturated carbocycles. The summed E-state index contributed by atoms with van der Waals surface area (Å²) >= 11 is 0. The van der Waals surface area contributed by atoms with E-state index in [-0.39, 0.29) is 35.8 Å². The van der Waals surface area contributed by atoms with E-state index in [2.05, 4.69) is 25.5 Å². The summed E-state index contributed by atoms with van der Waals surface area (Å²) in [6, 6.07) is 4.98. The van der Waals surface area contributed by atoms with E-state index in [1.807, 2.05) is 6.92 Å². The molecule has 14 nitrogen and oxygen atoms in total. The first-order valence-electron chi connectivity index (χ1n) is 13.2. The normalized spacial score (nSPS) is 12.5.